The molecule has 1 N–H and O–H groups in total. The molecular weight excluding hydrogens is 260 g/mol. The van der Waals surface area contributed by atoms with Crippen molar-refractivity contribution in [1.29, 1.82) is 0 Å². The maximum absolute atomic E-state index is 4.91. The van der Waals surface area contributed by atoms with Gasteiger partial charge in [0.05, 0.1) is 11.4 Å². The van der Waals surface area contributed by atoms with Gasteiger partial charge >= 0.3 is 0 Å². The molecule has 3 heterocycles. The Bertz CT molecular complexity index is 676. The predicted octanol–water partition coefficient (Wildman–Crippen LogP) is 2.62. The van der Waals surface area contributed by atoms with Gasteiger partial charge in [-0.25, -0.2) is 9.97 Å². The number of hydrogen-bond acceptors (Lipinski definition) is 4. The van der Waals surface area contributed by atoms with E-state index in [1.165, 1.54) is 35.4 Å². The van der Waals surface area contributed by atoms with Crippen molar-refractivity contribution in [3.05, 3.63) is 40.8 Å². The van der Waals surface area contributed by atoms with Crippen LogP contribution in [0, 0.1) is 0 Å². The molecule has 2 aromatic heterocycles. The second-order valence-electron chi connectivity index (χ2n) is 5.92. The molecule has 0 bridgehead atoms. The van der Waals surface area contributed by atoms with Crippen LogP contribution >= 0.6 is 0 Å². The van der Waals surface area contributed by atoms with Crippen LogP contribution in [0.2, 0.25) is 0 Å². The third-order valence-electron chi connectivity index (χ3n) is 4.41. The SMILES string of the molecule is CCc1cccnc1-c1nc2c(c(C3CC3)n1)CNCC2. The summed E-state index contributed by atoms with van der Waals surface area (Å²) in [7, 11) is 0. The van der Waals surface area contributed by atoms with Crippen LogP contribution in [-0.2, 0) is 19.4 Å². The van der Waals surface area contributed by atoms with Gasteiger partial charge in [-0.3, -0.25) is 4.98 Å². The van der Waals surface area contributed by atoms with Gasteiger partial charge in [-0.05, 0) is 30.9 Å². The number of fused-ring (bicyclic) bond motifs is 1. The highest BCUT2D eigenvalue weighted by Crippen LogP contribution is 2.42. The van der Waals surface area contributed by atoms with Crippen LogP contribution in [0.4, 0.5) is 0 Å². The molecule has 2 aromatic rings. The van der Waals surface area contributed by atoms with Gasteiger partial charge in [0.2, 0.25) is 0 Å². The van der Waals surface area contributed by atoms with E-state index < -0.39 is 0 Å². The summed E-state index contributed by atoms with van der Waals surface area (Å²) < 4.78 is 0. The molecular formula is C17H20N4. The quantitative estimate of drug-likeness (QED) is 0.939. The molecule has 1 fully saturated rings. The van der Waals surface area contributed by atoms with E-state index in [0.29, 0.717) is 5.92 Å². The van der Waals surface area contributed by atoms with Gasteiger partial charge < -0.3 is 5.32 Å². The molecule has 1 aliphatic carbocycles. The van der Waals surface area contributed by atoms with Crippen LogP contribution in [0.25, 0.3) is 11.5 Å². The summed E-state index contributed by atoms with van der Waals surface area (Å²) in [5.41, 5.74) is 6.04. The van der Waals surface area contributed by atoms with Crippen molar-refractivity contribution < 1.29 is 0 Å². The number of nitrogens with zero attached hydrogens (tertiary/aromatic N) is 3. The van der Waals surface area contributed by atoms with Gasteiger partial charge in [0.1, 0.15) is 5.69 Å². The first kappa shape index (κ1) is 12.9. The molecule has 0 unspecified atom stereocenters. The minimum absolute atomic E-state index is 0.647. The number of aromatic nitrogens is 3. The number of aryl methyl sites for hydroxylation is 1. The second kappa shape index (κ2) is 5.19. The second-order valence-corrected chi connectivity index (χ2v) is 5.92. The summed E-state index contributed by atoms with van der Waals surface area (Å²) in [6, 6.07) is 4.12. The van der Waals surface area contributed by atoms with E-state index in [1.54, 1.807) is 0 Å². The zero-order chi connectivity index (χ0) is 14.2. The van der Waals surface area contributed by atoms with Gasteiger partial charge in [-0.15, -0.1) is 0 Å². The summed E-state index contributed by atoms with van der Waals surface area (Å²) in [5, 5.41) is 3.45. The van der Waals surface area contributed by atoms with Crippen LogP contribution < -0.4 is 5.32 Å². The normalized spacial score (nSPS) is 17.6. The number of nitrogens with one attached hydrogen (secondary N) is 1. The first-order valence-electron chi connectivity index (χ1n) is 7.91. The van der Waals surface area contributed by atoms with Crippen molar-refractivity contribution in [3.8, 4) is 11.5 Å². The zero-order valence-electron chi connectivity index (χ0n) is 12.4. The first-order valence-corrected chi connectivity index (χ1v) is 7.91. The number of rotatable bonds is 3. The summed E-state index contributed by atoms with van der Waals surface area (Å²) in [6.45, 7) is 4.09. The van der Waals surface area contributed by atoms with E-state index in [9.17, 15) is 0 Å². The Morgan fingerprint density at radius 2 is 2.19 bits per heavy atom. The third-order valence-corrected chi connectivity index (χ3v) is 4.41. The van der Waals surface area contributed by atoms with Gasteiger partial charge in [0.15, 0.2) is 5.82 Å². The molecule has 108 valence electrons. The fourth-order valence-electron chi connectivity index (χ4n) is 3.09. The molecule has 1 saturated carbocycles. The fraction of sp³-hybridized carbons (Fsp3) is 0.471. The van der Waals surface area contributed by atoms with Crippen LogP contribution in [-0.4, -0.2) is 21.5 Å². The maximum atomic E-state index is 4.91. The highest BCUT2D eigenvalue weighted by atomic mass is 15.0. The molecule has 1 aliphatic heterocycles. The Morgan fingerprint density at radius 1 is 1.29 bits per heavy atom. The standard InChI is InChI=1S/C17H20N4/c1-2-11-4-3-8-19-16(11)17-20-14-7-9-18-10-13(14)15(21-17)12-5-6-12/h3-4,8,12,18H,2,5-7,9-10H2,1H3. The van der Waals surface area contributed by atoms with Gasteiger partial charge in [0.25, 0.3) is 0 Å². The van der Waals surface area contributed by atoms with E-state index >= 15 is 0 Å². The summed E-state index contributed by atoms with van der Waals surface area (Å²) >= 11 is 0. The van der Waals surface area contributed by atoms with Crippen molar-refractivity contribution in [3.63, 3.8) is 0 Å². The molecule has 4 rings (SSSR count). The number of hydrogen-bond donors (Lipinski definition) is 1. The molecule has 21 heavy (non-hydrogen) atoms. The van der Waals surface area contributed by atoms with Crippen molar-refractivity contribution in [2.75, 3.05) is 6.54 Å². The van der Waals surface area contributed by atoms with Crippen LogP contribution in [0.5, 0.6) is 0 Å². The summed E-state index contributed by atoms with van der Waals surface area (Å²) in [6.07, 6.45) is 6.34. The summed E-state index contributed by atoms with van der Waals surface area (Å²) in [5.74, 6) is 1.48. The molecule has 0 saturated heterocycles. The molecule has 0 spiro atoms. The Morgan fingerprint density at radius 3 is 3.00 bits per heavy atom. The highest BCUT2D eigenvalue weighted by Gasteiger charge is 2.31. The van der Waals surface area contributed by atoms with Gasteiger partial charge in [0, 0.05) is 37.2 Å². The average Bonchev–Trinajstić information content (AvgIpc) is 3.38. The lowest BCUT2D eigenvalue weighted by atomic mass is 10.0. The van der Waals surface area contributed by atoms with Crippen LogP contribution in [0.1, 0.15) is 48.2 Å². The maximum Gasteiger partial charge on any atom is 0.178 e. The molecule has 0 atom stereocenters. The van der Waals surface area contributed by atoms with E-state index in [0.717, 1.165) is 37.4 Å². The lowest BCUT2D eigenvalue weighted by Crippen LogP contribution is -2.26. The molecule has 0 radical (unpaired) electrons. The Labute approximate surface area is 125 Å². The van der Waals surface area contributed by atoms with Crippen molar-refractivity contribution >= 4 is 0 Å². The molecule has 2 aliphatic rings. The van der Waals surface area contributed by atoms with Crippen molar-refractivity contribution in [2.24, 2.45) is 0 Å². The lowest BCUT2D eigenvalue weighted by Gasteiger charge is -2.20. The Hall–Kier alpha value is -1.81. The first-order chi connectivity index (χ1) is 10.4. The predicted molar refractivity (Wildman–Crippen MR) is 82.0 cm³/mol. The fourth-order valence-corrected chi connectivity index (χ4v) is 3.09. The number of pyridine rings is 1. The van der Waals surface area contributed by atoms with E-state index in [4.69, 9.17) is 9.97 Å². The highest BCUT2D eigenvalue weighted by molar-refractivity contribution is 5.56. The average molecular weight is 280 g/mol. The molecule has 4 nitrogen and oxygen atoms in total. The van der Waals surface area contributed by atoms with Crippen molar-refractivity contribution in [2.45, 2.75) is 45.1 Å². The molecule has 0 aromatic carbocycles. The molecule has 0 amide bonds. The topological polar surface area (TPSA) is 50.7 Å². The van der Waals surface area contributed by atoms with Gasteiger partial charge in [-0.1, -0.05) is 13.0 Å². The summed E-state index contributed by atoms with van der Waals surface area (Å²) in [4.78, 5) is 14.3. The van der Waals surface area contributed by atoms with E-state index in [1.807, 2.05) is 12.3 Å². The van der Waals surface area contributed by atoms with Crippen molar-refractivity contribution in [1.82, 2.24) is 20.3 Å². The zero-order valence-corrected chi connectivity index (χ0v) is 12.4. The lowest BCUT2D eigenvalue weighted by molar-refractivity contribution is 0.617. The Kier molecular flexibility index (Phi) is 3.19. The Balaban J connectivity index is 1.87. The van der Waals surface area contributed by atoms with Crippen LogP contribution in [0.15, 0.2) is 18.3 Å². The minimum atomic E-state index is 0.647. The monoisotopic (exact) mass is 280 g/mol. The van der Waals surface area contributed by atoms with E-state index in [-0.39, 0.29) is 0 Å². The smallest absolute Gasteiger partial charge is 0.178 e. The largest absolute Gasteiger partial charge is 0.312 e. The third kappa shape index (κ3) is 2.33. The minimum Gasteiger partial charge on any atom is -0.312 e. The van der Waals surface area contributed by atoms with Gasteiger partial charge in [-0.2, -0.15) is 0 Å². The molecule has 4 heteroatoms. The van der Waals surface area contributed by atoms with E-state index in [2.05, 4.69) is 23.3 Å². The van der Waals surface area contributed by atoms with Crippen LogP contribution in [0.3, 0.4) is 0 Å².